The van der Waals surface area contributed by atoms with Crippen LogP contribution >= 0.6 is 12.6 Å². The highest BCUT2D eigenvalue weighted by molar-refractivity contribution is 7.81. The van der Waals surface area contributed by atoms with Crippen LogP contribution in [0.1, 0.15) is 6.23 Å². The third-order valence-electron chi connectivity index (χ3n) is 2.89. The van der Waals surface area contributed by atoms with Gasteiger partial charge in [-0.2, -0.15) is 17.6 Å². The summed E-state index contributed by atoms with van der Waals surface area (Å²) in [5, 5.41) is 8.85. The van der Waals surface area contributed by atoms with Crippen molar-refractivity contribution in [2.45, 2.75) is 23.7 Å². The maximum Gasteiger partial charge on any atom is 0.351 e. The fourth-order valence-corrected chi connectivity index (χ4v) is 2.40. The van der Waals surface area contributed by atoms with E-state index in [1.165, 1.54) is 23.9 Å². The van der Waals surface area contributed by atoms with Crippen molar-refractivity contribution >= 4 is 18.4 Å². The Morgan fingerprint density at radius 1 is 1.72 bits per heavy atom. The average molecular weight is 273 g/mol. The van der Waals surface area contributed by atoms with Crippen molar-refractivity contribution < 1.29 is 14.6 Å². The van der Waals surface area contributed by atoms with Gasteiger partial charge in [0.25, 0.3) is 0 Å². The molecule has 0 aliphatic carbocycles. The standard InChI is InChI=1S/C10H15N3O4S/c1-16-7-8(18)5(4-14)17-9(7)13-3-2-6(11)12-10(13)15/h2-3,5,7-9,14,18H,4H2,1H3,(H2,11,12,15)/t5-,7-,8-,9-/m1/s1. The molecule has 1 aliphatic rings. The predicted octanol–water partition coefficient (Wildman–Crippen LogP) is -0.971. The van der Waals surface area contributed by atoms with Gasteiger partial charge in [-0.3, -0.25) is 4.57 Å². The number of hydrogen-bond donors (Lipinski definition) is 3. The molecule has 0 bridgehead atoms. The number of aromatic nitrogens is 2. The fraction of sp³-hybridized carbons (Fsp3) is 0.600. The van der Waals surface area contributed by atoms with Gasteiger partial charge in [-0.1, -0.05) is 0 Å². The first-order chi connectivity index (χ1) is 8.58. The summed E-state index contributed by atoms with van der Waals surface area (Å²) in [7, 11) is 1.50. The van der Waals surface area contributed by atoms with Crippen LogP contribution in [0.3, 0.4) is 0 Å². The summed E-state index contributed by atoms with van der Waals surface area (Å²) in [5.41, 5.74) is 4.90. The molecule has 18 heavy (non-hydrogen) atoms. The molecule has 2 rings (SSSR count). The number of nitrogens with two attached hydrogens (primary N) is 1. The van der Waals surface area contributed by atoms with E-state index in [1.807, 2.05) is 0 Å². The number of methoxy groups -OCH3 is 1. The maximum atomic E-state index is 11.7. The number of nitrogen functional groups attached to an aromatic ring is 1. The van der Waals surface area contributed by atoms with E-state index in [-0.39, 0.29) is 17.7 Å². The van der Waals surface area contributed by atoms with Crippen LogP contribution in [0.25, 0.3) is 0 Å². The Labute approximate surface area is 109 Å². The molecule has 100 valence electrons. The van der Waals surface area contributed by atoms with Crippen molar-refractivity contribution in [3.05, 3.63) is 22.7 Å². The first-order valence-electron chi connectivity index (χ1n) is 5.40. The summed E-state index contributed by atoms with van der Waals surface area (Å²) in [6, 6.07) is 1.50. The molecule has 0 radical (unpaired) electrons. The summed E-state index contributed by atoms with van der Waals surface area (Å²) in [6.45, 7) is -0.193. The number of rotatable bonds is 3. The summed E-state index contributed by atoms with van der Waals surface area (Å²) in [5.74, 6) is 0.143. The zero-order valence-corrected chi connectivity index (χ0v) is 10.7. The van der Waals surface area contributed by atoms with Gasteiger partial charge in [-0.15, -0.1) is 0 Å². The van der Waals surface area contributed by atoms with Crippen LogP contribution < -0.4 is 11.4 Å². The van der Waals surface area contributed by atoms with Gasteiger partial charge in [0, 0.05) is 13.3 Å². The lowest BCUT2D eigenvalue weighted by Crippen LogP contribution is -2.35. The molecule has 0 unspecified atom stereocenters. The Morgan fingerprint density at radius 2 is 2.44 bits per heavy atom. The highest BCUT2D eigenvalue weighted by Crippen LogP contribution is 2.33. The Balaban J connectivity index is 2.35. The highest BCUT2D eigenvalue weighted by Gasteiger charge is 2.44. The molecule has 1 aromatic heterocycles. The lowest BCUT2D eigenvalue weighted by molar-refractivity contribution is -0.0624. The van der Waals surface area contributed by atoms with E-state index in [4.69, 9.17) is 15.2 Å². The van der Waals surface area contributed by atoms with Crippen molar-refractivity contribution in [1.29, 1.82) is 0 Å². The predicted molar refractivity (Wildman–Crippen MR) is 67.5 cm³/mol. The smallest absolute Gasteiger partial charge is 0.351 e. The Morgan fingerprint density at radius 3 is 3.00 bits per heavy atom. The number of nitrogens with zero attached hydrogens (tertiary/aromatic N) is 2. The number of anilines is 1. The van der Waals surface area contributed by atoms with Gasteiger partial charge in [0.2, 0.25) is 0 Å². The molecule has 8 heteroatoms. The SMILES string of the molecule is CO[C@@H]1[C@H](S)[C@@H](CO)O[C@H]1n1ccc(N)nc1=O. The Kier molecular flexibility index (Phi) is 3.91. The molecule has 1 saturated heterocycles. The van der Waals surface area contributed by atoms with E-state index in [0.717, 1.165) is 0 Å². The van der Waals surface area contributed by atoms with E-state index in [9.17, 15) is 9.90 Å². The highest BCUT2D eigenvalue weighted by atomic mass is 32.1. The van der Waals surface area contributed by atoms with E-state index in [2.05, 4.69) is 17.6 Å². The van der Waals surface area contributed by atoms with Gasteiger partial charge >= 0.3 is 5.69 Å². The second-order valence-corrected chi connectivity index (χ2v) is 4.58. The van der Waals surface area contributed by atoms with Crippen molar-refractivity contribution in [2.24, 2.45) is 0 Å². The first-order valence-corrected chi connectivity index (χ1v) is 5.92. The summed E-state index contributed by atoms with van der Waals surface area (Å²) in [4.78, 5) is 15.4. The van der Waals surface area contributed by atoms with Crippen LogP contribution in [-0.2, 0) is 9.47 Å². The van der Waals surface area contributed by atoms with Crippen LogP contribution in [-0.4, -0.2) is 45.8 Å². The molecule has 1 aliphatic heterocycles. The molecule has 1 fully saturated rings. The van der Waals surface area contributed by atoms with Crippen LogP contribution in [0.15, 0.2) is 17.1 Å². The normalized spacial score (nSPS) is 31.7. The molecule has 7 nitrogen and oxygen atoms in total. The van der Waals surface area contributed by atoms with Gasteiger partial charge in [0.1, 0.15) is 11.9 Å². The minimum Gasteiger partial charge on any atom is -0.394 e. The quantitative estimate of drug-likeness (QED) is 0.613. The topological polar surface area (TPSA) is 99.6 Å². The number of hydrogen-bond acceptors (Lipinski definition) is 7. The molecular formula is C10H15N3O4S. The molecular weight excluding hydrogens is 258 g/mol. The van der Waals surface area contributed by atoms with Gasteiger partial charge in [0.15, 0.2) is 6.23 Å². The molecule has 2 heterocycles. The largest absolute Gasteiger partial charge is 0.394 e. The molecule has 3 N–H and O–H groups in total. The second-order valence-electron chi connectivity index (χ2n) is 3.98. The number of aliphatic hydroxyl groups is 1. The summed E-state index contributed by atoms with van der Waals surface area (Å²) >= 11 is 4.34. The fourth-order valence-electron chi connectivity index (χ4n) is 1.97. The van der Waals surface area contributed by atoms with E-state index in [1.54, 1.807) is 0 Å². The minimum absolute atomic E-state index is 0.143. The van der Waals surface area contributed by atoms with E-state index in [0.29, 0.717) is 0 Å². The van der Waals surface area contributed by atoms with Crippen LogP contribution in [0.4, 0.5) is 5.82 Å². The summed E-state index contributed by atoms with van der Waals surface area (Å²) in [6.07, 6.45) is -0.127. The molecule has 0 saturated carbocycles. The Bertz CT molecular complexity index is 480. The van der Waals surface area contributed by atoms with E-state index >= 15 is 0 Å². The lowest BCUT2D eigenvalue weighted by atomic mass is 10.2. The van der Waals surface area contributed by atoms with Crippen LogP contribution in [0, 0.1) is 0 Å². The van der Waals surface area contributed by atoms with E-state index < -0.39 is 24.1 Å². The van der Waals surface area contributed by atoms with Crippen molar-refractivity contribution in [1.82, 2.24) is 9.55 Å². The van der Waals surface area contributed by atoms with Crippen molar-refractivity contribution in [3.63, 3.8) is 0 Å². The molecule has 0 amide bonds. The average Bonchev–Trinajstić information content (AvgIpc) is 2.65. The monoisotopic (exact) mass is 273 g/mol. The minimum atomic E-state index is -0.671. The third kappa shape index (κ3) is 2.24. The molecule has 4 atom stereocenters. The third-order valence-corrected chi connectivity index (χ3v) is 3.52. The zero-order chi connectivity index (χ0) is 13.3. The second kappa shape index (κ2) is 5.27. The lowest BCUT2D eigenvalue weighted by Gasteiger charge is -2.20. The van der Waals surface area contributed by atoms with Crippen molar-refractivity contribution in [3.8, 4) is 0 Å². The maximum absolute atomic E-state index is 11.7. The van der Waals surface area contributed by atoms with Gasteiger partial charge in [0.05, 0.1) is 18.0 Å². The van der Waals surface area contributed by atoms with Crippen molar-refractivity contribution in [2.75, 3.05) is 19.5 Å². The summed E-state index contributed by atoms with van der Waals surface area (Å²) < 4.78 is 12.1. The van der Waals surface area contributed by atoms with Gasteiger partial charge in [-0.25, -0.2) is 4.79 Å². The van der Waals surface area contributed by atoms with Gasteiger partial charge < -0.3 is 20.3 Å². The number of aliphatic hydroxyl groups excluding tert-OH is 1. The molecule has 0 spiro atoms. The Hall–Kier alpha value is -1.09. The number of ether oxygens (including phenoxy) is 2. The zero-order valence-electron chi connectivity index (χ0n) is 9.76. The van der Waals surface area contributed by atoms with Gasteiger partial charge in [-0.05, 0) is 6.07 Å². The first kappa shape index (κ1) is 13.3. The van der Waals surface area contributed by atoms with Crippen LogP contribution in [0.5, 0.6) is 0 Å². The molecule has 1 aromatic rings. The number of thiol groups is 1. The molecule has 0 aromatic carbocycles. The van der Waals surface area contributed by atoms with Crippen LogP contribution in [0.2, 0.25) is 0 Å².